The number of amides is 1. The molecule has 1 aliphatic heterocycles. The number of halogens is 3. The molecule has 5 rings (SSSR count). The number of pyridine rings is 1. The van der Waals surface area contributed by atoms with Crippen molar-refractivity contribution in [2.24, 2.45) is 0 Å². The van der Waals surface area contributed by atoms with Gasteiger partial charge in [0.15, 0.2) is 11.6 Å². The van der Waals surface area contributed by atoms with Gasteiger partial charge >= 0.3 is 0 Å². The molecule has 2 aromatic carbocycles. The van der Waals surface area contributed by atoms with Crippen LogP contribution in [0.4, 0.5) is 13.2 Å². The summed E-state index contributed by atoms with van der Waals surface area (Å²) in [6.07, 6.45) is 0. The lowest BCUT2D eigenvalue weighted by atomic mass is 9.93. The maximum Gasteiger partial charge on any atom is 0.270 e. The molecular weight excluding hydrogens is 421 g/mol. The number of H-pyrrole nitrogens is 2. The topological polar surface area (TPSA) is 81.0 Å². The van der Waals surface area contributed by atoms with Crippen molar-refractivity contribution in [3.8, 4) is 0 Å². The Morgan fingerprint density at radius 3 is 2.47 bits per heavy atom. The Hall–Kier alpha value is -3.59. The summed E-state index contributed by atoms with van der Waals surface area (Å²) in [6, 6.07) is 5.71. The largest absolute Gasteiger partial charge is 0.350 e. The van der Waals surface area contributed by atoms with Crippen LogP contribution in [-0.2, 0) is 6.54 Å². The molecular formula is C23H19F3N4O2. The standard InChI is InChI=1S/C23H19F3N4O2/c1-10-3-11(24)4-17-12(10)7-18(28-17)23(32)30(2)20-9-27-8-19-21(20)13-5-15(25)16(26)6-14(13)22(31)29-19/h3-7,20,27-28H,8-9H2,1-2H3,(H,29,31)/t20-/m0/s1. The number of nitrogens with zero attached hydrogens (tertiary/aromatic N) is 1. The summed E-state index contributed by atoms with van der Waals surface area (Å²) in [5.41, 5.74) is 2.03. The number of carbonyl (C=O) groups is 1. The van der Waals surface area contributed by atoms with E-state index in [0.717, 1.165) is 17.5 Å². The first-order valence-electron chi connectivity index (χ1n) is 10.0. The van der Waals surface area contributed by atoms with E-state index in [-0.39, 0.29) is 22.4 Å². The zero-order valence-electron chi connectivity index (χ0n) is 17.3. The molecule has 2 aromatic heterocycles. The number of fused-ring (bicyclic) bond motifs is 4. The number of carbonyl (C=O) groups excluding carboxylic acids is 1. The van der Waals surface area contributed by atoms with E-state index in [2.05, 4.69) is 15.3 Å². The molecule has 0 spiro atoms. The molecule has 3 N–H and O–H groups in total. The number of hydrogen-bond acceptors (Lipinski definition) is 3. The predicted octanol–water partition coefficient (Wildman–Crippen LogP) is 3.65. The minimum Gasteiger partial charge on any atom is -0.350 e. The molecule has 32 heavy (non-hydrogen) atoms. The van der Waals surface area contributed by atoms with E-state index in [1.54, 1.807) is 20.0 Å². The molecule has 0 saturated carbocycles. The van der Waals surface area contributed by atoms with Crippen LogP contribution in [0.1, 0.15) is 33.4 Å². The number of aromatic amines is 2. The maximum atomic E-state index is 14.1. The normalized spacial score (nSPS) is 15.8. The summed E-state index contributed by atoms with van der Waals surface area (Å²) < 4.78 is 41.6. The van der Waals surface area contributed by atoms with Crippen molar-refractivity contribution in [2.45, 2.75) is 19.5 Å². The number of nitrogens with one attached hydrogen (secondary N) is 3. The third-order valence-electron chi connectivity index (χ3n) is 6.09. The molecule has 164 valence electrons. The SMILES string of the molecule is Cc1cc(F)cc2[nH]c(C(=O)N(C)[C@H]3CNCc4[nH]c(=O)c5cc(F)c(F)cc5c43)cc12. The Morgan fingerprint density at radius 1 is 1.00 bits per heavy atom. The van der Waals surface area contributed by atoms with E-state index in [1.165, 1.54) is 17.0 Å². The first kappa shape index (κ1) is 20.3. The van der Waals surface area contributed by atoms with Crippen molar-refractivity contribution in [2.75, 3.05) is 13.6 Å². The van der Waals surface area contributed by atoms with E-state index in [9.17, 15) is 22.8 Å². The molecule has 0 unspecified atom stereocenters. The summed E-state index contributed by atoms with van der Waals surface area (Å²) >= 11 is 0. The van der Waals surface area contributed by atoms with Crippen molar-refractivity contribution in [3.63, 3.8) is 0 Å². The van der Waals surface area contributed by atoms with Crippen LogP contribution in [0.3, 0.4) is 0 Å². The van der Waals surface area contributed by atoms with Crippen LogP contribution in [0.15, 0.2) is 35.1 Å². The van der Waals surface area contributed by atoms with Crippen molar-refractivity contribution < 1.29 is 18.0 Å². The molecule has 0 saturated heterocycles. The summed E-state index contributed by atoms with van der Waals surface area (Å²) in [4.78, 5) is 32.9. The molecule has 0 radical (unpaired) electrons. The number of benzene rings is 2. The fourth-order valence-corrected chi connectivity index (χ4v) is 4.50. The highest BCUT2D eigenvalue weighted by Crippen LogP contribution is 2.33. The lowest BCUT2D eigenvalue weighted by Gasteiger charge is -2.34. The van der Waals surface area contributed by atoms with Crippen molar-refractivity contribution in [1.82, 2.24) is 20.2 Å². The average molecular weight is 440 g/mol. The van der Waals surface area contributed by atoms with E-state index in [4.69, 9.17) is 0 Å². The van der Waals surface area contributed by atoms with Crippen LogP contribution in [0.2, 0.25) is 0 Å². The van der Waals surface area contributed by atoms with E-state index < -0.39 is 29.1 Å². The van der Waals surface area contributed by atoms with Gasteiger partial charge in [0.25, 0.3) is 11.5 Å². The average Bonchev–Trinajstić information content (AvgIpc) is 3.18. The number of likely N-dealkylation sites (N-methyl/N-ethyl adjacent to an activating group) is 1. The second kappa shape index (κ2) is 7.23. The van der Waals surface area contributed by atoms with Gasteiger partial charge in [0.2, 0.25) is 0 Å². The van der Waals surface area contributed by atoms with Crippen LogP contribution in [0.5, 0.6) is 0 Å². The highest BCUT2D eigenvalue weighted by Gasteiger charge is 2.31. The monoisotopic (exact) mass is 440 g/mol. The van der Waals surface area contributed by atoms with E-state index in [0.29, 0.717) is 35.4 Å². The summed E-state index contributed by atoms with van der Waals surface area (Å²) in [6.45, 7) is 2.43. The molecule has 1 amide bonds. The number of aryl methyl sites for hydroxylation is 1. The van der Waals surface area contributed by atoms with Gasteiger partial charge in [-0.15, -0.1) is 0 Å². The second-order valence-electron chi connectivity index (χ2n) is 8.09. The zero-order chi connectivity index (χ0) is 22.7. The number of hydrogen-bond donors (Lipinski definition) is 3. The van der Waals surface area contributed by atoms with Crippen LogP contribution >= 0.6 is 0 Å². The van der Waals surface area contributed by atoms with Crippen molar-refractivity contribution >= 4 is 27.6 Å². The summed E-state index contributed by atoms with van der Waals surface area (Å²) in [7, 11) is 1.60. The summed E-state index contributed by atoms with van der Waals surface area (Å²) in [5, 5.41) is 4.17. The molecule has 0 bridgehead atoms. The first-order valence-corrected chi connectivity index (χ1v) is 10.0. The van der Waals surface area contributed by atoms with Gasteiger partial charge < -0.3 is 20.2 Å². The van der Waals surface area contributed by atoms with Gasteiger partial charge in [-0.3, -0.25) is 9.59 Å². The quantitative estimate of drug-likeness (QED) is 0.445. The van der Waals surface area contributed by atoms with E-state index in [1.807, 2.05) is 0 Å². The molecule has 1 aliphatic rings. The third-order valence-corrected chi connectivity index (χ3v) is 6.09. The van der Waals surface area contributed by atoms with Crippen molar-refractivity contribution in [1.29, 1.82) is 0 Å². The number of rotatable bonds is 2. The lowest BCUT2D eigenvalue weighted by molar-refractivity contribution is 0.0718. The van der Waals surface area contributed by atoms with Crippen LogP contribution in [0.25, 0.3) is 21.7 Å². The van der Waals surface area contributed by atoms with E-state index >= 15 is 0 Å². The Morgan fingerprint density at radius 2 is 1.72 bits per heavy atom. The molecule has 4 aromatic rings. The van der Waals surface area contributed by atoms with Gasteiger partial charge in [0.05, 0.1) is 11.4 Å². The molecule has 0 aliphatic carbocycles. The smallest absolute Gasteiger partial charge is 0.270 e. The van der Waals surface area contributed by atoms with Crippen LogP contribution in [0, 0.1) is 24.4 Å². The van der Waals surface area contributed by atoms with Gasteiger partial charge in [0, 0.05) is 42.3 Å². The van der Waals surface area contributed by atoms with Gasteiger partial charge in [0.1, 0.15) is 11.5 Å². The second-order valence-corrected chi connectivity index (χ2v) is 8.09. The molecule has 3 heterocycles. The predicted molar refractivity (Wildman–Crippen MR) is 114 cm³/mol. The molecule has 1 atom stereocenters. The third kappa shape index (κ3) is 3.08. The Kier molecular flexibility index (Phi) is 4.59. The number of aromatic nitrogens is 2. The fourth-order valence-electron chi connectivity index (χ4n) is 4.50. The van der Waals surface area contributed by atoms with Gasteiger partial charge in [-0.1, -0.05) is 0 Å². The van der Waals surface area contributed by atoms with Crippen LogP contribution in [-0.4, -0.2) is 34.4 Å². The Labute approximate surface area is 180 Å². The highest BCUT2D eigenvalue weighted by molar-refractivity contribution is 5.99. The Bertz CT molecular complexity index is 1470. The molecule has 6 nitrogen and oxygen atoms in total. The zero-order valence-corrected chi connectivity index (χ0v) is 17.3. The van der Waals surface area contributed by atoms with Gasteiger partial charge in [-0.05, 0) is 48.2 Å². The van der Waals surface area contributed by atoms with Crippen LogP contribution < -0.4 is 10.9 Å². The highest BCUT2D eigenvalue weighted by atomic mass is 19.2. The Balaban J connectivity index is 1.62. The minimum atomic E-state index is -1.11. The summed E-state index contributed by atoms with van der Waals surface area (Å²) in [5.74, 6) is -2.94. The van der Waals surface area contributed by atoms with Crippen molar-refractivity contribution in [3.05, 3.63) is 80.7 Å². The van der Waals surface area contributed by atoms with Gasteiger partial charge in [-0.2, -0.15) is 0 Å². The van der Waals surface area contributed by atoms with Gasteiger partial charge in [-0.25, -0.2) is 13.2 Å². The maximum absolute atomic E-state index is 14.1. The fraction of sp³-hybridized carbons (Fsp3) is 0.217. The minimum absolute atomic E-state index is 0.0205. The lowest BCUT2D eigenvalue weighted by Crippen LogP contribution is -2.42. The molecule has 9 heteroatoms. The molecule has 0 fully saturated rings. The first-order chi connectivity index (χ1) is 15.2.